The second-order valence-electron chi connectivity index (χ2n) is 5.65. The summed E-state index contributed by atoms with van der Waals surface area (Å²) in [6.07, 6.45) is 3.73. The number of nitrogens with one attached hydrogen (secondary N) is 3. The standard InChI is InChI=1S/C17H13BrN4O2/c18-11-5-12-13(8-20-16(12)19-7-11)17(24)21-6-9-1-2-14-10(3-9)4-15(23)22-14/h1-3,5,7-8H,4,6H2,(H,19,20)(H,21,24)(H,22,23). The summed E-state index contributed by atoms with van der Waals surface area (Å²) in [5, 5.41) is 6.47. The van der Waals surface area contributed by atoms with Crippen LogP contribution in [0.15, 0.2) is 41.1 Å². The van der Waals surface area contributed by atoms with Gasteiger partial charge in [-0.05, 0) is 39.2 Å². The van der Waals surface area contributed by atoms with Crippen molar-refractivity contribution >= 4 is 44.5 Å². The first kappa shape index (κ1) is 14.9. The Morgan fingerprint density at radius 3 is 3.08 bits per heavy atom. The van der Waals surface area contributed by atoms with Crippen LogP contribution in [0.3, 0.4) is 0 Å². The maximum Gasteiger partial charge on any atom is 0.253 e. The molecule has 0 unspecified atom stereocenters. The normalized spacial score (nSPS) is 13.0. The number of halogens is 1. The van der Waals surface area contributed by atoms with Crippen molar-refractivity contribution in [3.05, 3.63) is 57.8 Å². The van der Waals surface area contributed by atoms with E-state index in [1.165, 1.54) is 0 Å². The van der Waals surface area contributed by atoms with Crippen LogP contribution < -0.4 is 10.6 Å². The Morgan fingerprint density at radius 1 is 1.33 bits per heavy atom. The number of nitrogens with zero attached hydrogens (tertiary/aromatic N) is 1. The lowest BCUT2D eigenvalue weighted by atomic mass is 10.1. The van der Waals surface area contributed by atoms with Crippen LogP contribution in [0, 0.1) is 0 Å². The Morgan fingerprint density at radius 2 is 2.21 bits per heavy atom. The molecule has 0 saturated heterocycles. The summed E-state index contributed by atoms with van der Waals surface area (Å²) in [5.41, 5.74) is 4.00. The number of aromatic nitrogens is 2. The number of H-pyrrole nitrogens is 1. The van der Waals surface area contributed by atoms with Crippen LogP contribution in [0.5, 0.6) is 0 Å². The van der Waals surface area contributed by atoms with Gasteiger partial charge in [-0.3, -0.25) is 9.59 Å². The molecule has 3 aromatic rings. The average molecular weight is 385 g/mol. The Kier molecular flexibility index (Phi) is 3.57. The third-order valence-corrected chi connectivity index (χ3v) is 4.42. The number of fused-ring (bicyclic) bond motifs is 2. The van der Waals surface area contributed by atoms with E-state index in [1.807, 2.05) is 24.3 Å². The molecule has 4 rings (SSSR count). The molecule has 1 aliphatic rings. The van der Waals surface area contributed by atoms with Gasteiger partial charge in [0, 0.05) is 34.5 Å². The molecule has 2 amide bonds. The molecule has 3 N–H and O–H groups in total. The van der Waals surface area contributed by atoms with Crippen LogP contribution >= 0.6 is 15.9 Å². The zero-order valence-corrected chi connectivity index (χ0v) is 14.1. The van der Waals surface area contributed by atoms with E-state index in [2.05, 4.69) is 36.5 Å². The molecular formula is C17H13BrN4O2. The van der Waals surface area contributed by atoms with Gasteiger partial charge in [-0.25, -0.2) is 4.98 Å². The number of hydrogen-bond acceptors (Lipinski definition) is 3. The molecule has 0 radical (unpaired) electrons. The van der Waals surface area contributed by atoms with Crippen molar-refractivity contribution in [2.75, 3.05) is 5.32 Å². The second kappa shape index (κ2) is 5.76. The highest BCUT2D eigenvalue weighted by Crippen LogP contribution is 2.24. The molecule has 0 bridgehead atoms. The van der Waals surface area contributed by atoms with Crippen molar-refractivity contribution in [1.82, 2.24) is 15.3 Å². The number of benzene rings is 1. The van der Waals surface area contributed by atoms with Crippen LogP contribution in [-0.4, -0.2) is 21.8 Å². The summed E-state index contributed by atoms with van der Waals surface area (Å²) >= 11 is 3.37. The molecule has 0 aliphatic carbocycles. The predicted molar refractivity (Wildman–Crippen MR) is 93.7 cm³/mol. The first-order valence-electron chi connectivity index (χ1n) is 7.42. The maximum absolute atomic E-state index is 12.4. The van der Waals surface area contributed by atoms with Crippen molar-refractivity contribution in [3.8, 4) is 0 Å². The topological polar surface area (TPSA) is 86.9 Å². The van der Waals surface area contributed by atoms with Crippen LogP contribution in [0.1, 0.15) is 21.5 Å². The number of aromatic amines is 1. The van der Waals surface area contributed by atoms with Crippen LogP contribution in [0.2, 0.25) is 0 Å². The lowest BCUT2D eigenvalue weighted by Crippen LogP contribution is -2.22. The van der Waals surface area contributed by atoms with E-state index in [0.29, 0.717) is 24.2 Å². The first-order valence-corrected chi connectivity index (χ1v) is 8.22. The Balaban J connectivity index is 1.51. The third kappa shape index (κ3) is 2.67. The monoisotopic (exact) mass is 384 g/mol. The van der Waals surface area contributed by atoms with E-state index in [-0.39, 0.29) is 11.8 Å². The molecule has 3 heterocycles. The summed E-state index contributed by atoms with van der Waals surface area (Å²) in [6.45, 7) is 0.397. The van der Waals surface area contributed by atoms with Crippen molar-refractivity contribution < 1.29 is 9.59 Å². The fourth-order valence-electron chi connectivity index (χ4n) is 2.84. The highest BCUT2D eigenvalue weighted by Gasteiger charge is 2.18. The van der Waals surface area contributed by atoms with Crippen molar-refractivity contribution in [2.24, 2.45) is 0 Å². The van der Waals surface area contributed by atoms with E-state index < -0.39 is 0 Å². The van der Waals surface area contributed by atoms with Gasteiger partial charge in [0.05, 0.1) is 12.0 Å². The number of carbonyl (C=O) groups excluding carboxylic acids is 2. The van der Waals surface area contributed by atoms with Crippen LogP contribution in [-0.2, 0) is 17.8 Å². The molecule has 0 atom stereocenters. The van der Waals surface area contributed by atoms with Gasteiger partial charge < -0.3 is 15.6 Å². The minimum absolute atomic E-state index is 0.00283. The highest BCUT2D eigenvalue weighted by atomic mass is 79.9. The minimum Gasteiger partial charge on any atom is -0.348 e. The molecule has 0 fully saturated rings. The Hall–Kier alpha value is -2.67. The summed E-state index contributed by atoms with van der Waals surface area (Å²) in [6, 6.07) is 7.58. The molecule has 0 saturated carbocycles. The number of rotatable bonds is 3. The molecule has 120 valence electrons. The zero-order chi connectivity index (χ0) is 16.7. The summed E-state index contributed by atoms with van der Waals surface area (Å²) in [5.74, 6) is -0.168. The van der Waals surface area contributed by atoms with Gasteiger partial charge in [-0.2, -0.15) is 0 Å². The lowest BCUT2D eigenvalue weighted by molar-refractivity contribution is -0.115. The van der Waals surface area contributed by atoms with Gasteiger partial charge in [-0.15, -0.1) is 0 Å². The molecule has 1 aliphatic heterocycles. The van der Waals surface area contributed by atoms with E-state index >= 15 is 0 Å². The molecule has 24 heavy (non-hydrogen) atoms. The largest absolute Gasteiger partial charge is 0.348 e. The molecule has 1 aromatic carbocycles. The minimum atomic E-state index is -0.171. The van der Waals surface area contributed by atoms with Crippen molar-refractivity contribution in [2.45, 2.75) is 13.0 Å². The van der Waals surface area contributed by atoms with Crippen LogP contribution in [0.25, 0.3) is 11.0 Å². The number of pyridine rings is 1. The number of carbonyl (C=O) groups is 2. The van der Waals surface area contributed by atoms with Gasteiger partial charge in [-0.1, -0.05) is 12.1 Å². The van der Waals surface area contributed by atoms with E-state index in [9.17, 15) is 9.59 Å². The Labute approximate surface area is 145 Å². The zero-order valence-electron chi connectivity index (χ0n) is 12.5. The molecule has 7 heteroatoms. The van der Waals surface area contributed by atoms with Crippen molar-refractivity contribution in [1.29, 1.82) is 0 Å². The van der Waals surface area contributed by atoms with E-state index in [4.69, 9.17) is 0 Å². The van der Waals surface area contributed by atoms with E-state index in [0.717, 1.165) is 26.7 Å². The average Bonchev–Trinajstić information content (AvgIpc) is 3.14. The number of anilines is 1. The van der Waals surface area contributed by atoms with Gasteiger partial charge in [0.15, 0.2) is 0 Å². The first-order chi connectivity index (χ1) is 11.6. The molecule has 0 spiro atoms. The van der Waals surface area contributed by atoms with Gasteiger partial charge >= 0.3 is 0 Å². The fourth-order valence-corrected chi connectivity index (χ4v) is 3.17. The number of hydrogen-bond donors (Lipinski definition) is 3. The quantitative estimate of drug-likeness (QED) is 0.648. The third-order valence-electron chi connectivity index (χ3n) is 3.99. The van der Waals surface area contributed by atoms with Crippen molar-refractivity contribution in [3.63, 3.8) is 0 Å². The summed E-state index contributed by atoms with van der Waals surface area (Å²) < 4.78 is 0.819. The molecule has 2 aromatic heterocycles. The molecule has 6 nitrogen and oxygen atoms in total. The predicted octanol–water partition coefficient (Wildman–Crippen LogP) is 2.75. The van der Waals surface area contributed by atoms with E-state index in [1.54, 1.807) is 12.4 Å². The van der Waals surface area contributed by atoms with Gasteiger partial charge in [0.1, 0.15) is 5.65 Å². The van der Waals surface area contributed by atoms with Gasteiger partial charge in [0.25, 0.3) is 5.91 Å². The highest BCUT2D eigenvalue weighted by molar-refractivity contribution is 9.10. The Bertz CT molecular complexity index is 980. The number of amides is 2. The lowest BCUT2D eigenvalue weighted by Gasteiger charge is -2.06. The summed E-state index contributed by atoms with van der Waals surface area (Å²) in [7, 11) is 0. The molecular weight excluding hydrogens is 372 g/mol. The summed E-state index contributed by atoms with van der Waals surface area (Å²) in [4.78, 5) is 31.1. The SMILES string of the molecule is O=C1Cc2cc(CNC(=O)c3c[nH]c4ncc(Br)cc34)ccc2N1. The van der Waals surface area contributed by atoms with Gasteiger partial charge in [0.2, 0.25) is 5.91 Å². The van der Waals surface area contributed by atoms with Crippen LogP contribution in [0.4, 0.5) is 5.69 Å². The smallest absolute Gasteiger partial charge is 0.253 e. The maximum atomic E-state index is 12.4. The fraction of sp³-hybridized carbons (Fsp3) is 0.118. The second-order valence-corrected chi connectivity index (χ2v) is 6.57.